The van der Waals surface area contributed by atoms with E-state index in [9.17, 15) is 4.79 Å². The lowest BCUT2D eigenvalue weighted by Gasteiger charge is -2.32. The lowest BCUT2D eigenvalue weighted by atomic mass is 10.1. The fourth-order valence-corrected chi connectivity index (χ4v) is 3.34. The van der Waals surface area contributed by atoms with Gasteiger partial charge in [-0.05, 0) is 32.9 Å². The van der Waals surface area contributed by atoms with Crippen LogP contribution in [0.5, 0.6) is 0 Å². The van der Waals surface area contributed by atoms with E-state index in [1.807, 2.05) is 32.0 Å². The van der Waals surface area contributed by atoms with Gasteiger partial charge in [-0.15, -0.1) is 0 Å². The van der Waals surface area contributed by atoms with Crippen LogP contribution in [-0.4, -0.2) is 51.0 Å². The summed E-state index contributed by atoms with van der Waals surface area (Å²) in [5.41, 5.74) is 4.43. The molecule has 3 aromatic rings. The van der Waals surface area contributed by atoms with Crippen LogP contribution in [0.25, 0.3) is 11.3 Å². The van der Waals surface area contributed by atoms with Crippen molar-refractivity contribution in [2.45, 2.75) is 33.3 Å². The van der Waals surface area contributed by atoms with E-state index in [0.29, 0.717) is 31.1 Å². The van der Waals surface area contributed by atoms with Crippen molar-refractivity contribution in [3.63, 3.8) is 0 Å². The number of nitrogens with zero attached hydrogens (tertiary/aromatic N) is 5. The Morgan fingerprint density at radius 1 is 1.18 bits per heavy atom. The van der Waals surface area contributed by atoms with Crippen molar-refractivity contribution in [1.82, 2.24) is 25.4 Å². The van der Waals surface area contributed by atoms with Crippen LogP contribution in [-0.2, 0) is 16.0 Å². The van der Waals surface area contributed by atoms with Crippen LogP contribution in [0.3, 0.4) is 0 Å². The van der Waals surface area contributed by atoms with Crippen molar-refractivity contribution in [3.8, 4) is 11.3 Å². The molecule has 0 aromatic carbocycles. The molecule has 0 bridgehead atoms. The smallest absolute Gasteiger partial charge is 0.228 e. The van der Waals surface area contributed by atoms with Crippen molar-refractivity contribution in [2.24, 2.45) is 0 Å². The van der Waals surface area contributed by atoms with Crippen LogP contribution < -0.4 is 0 Å². The highest BCUT2D eigenvalue weighted by Crippen LogP contribution is 2.28. The maximum Gasteiger partial charge on any atom is 0.228 e. The minimum absolute atomic E-state index is 0.0334. The van der Waals surface area contributed by atoms with E-state index in [-0.39, 0.29) is 18.4 Å². The third-order valence-electron chi connectivity index (χ3n) is 4.87. The summed E-state index contributed by atoms with van der Waals surface area (Å²) in [4.78, 5) is 19.2. The molecule has 1 saturated heterocycles. The zero-order valence-corrected chi connectivity index (χ0v) is 16.0. The molecule has 4 rings (SSSR count). The Kier molecular flexibility index (Phi) is 4.91. The molecule has 9 nitrogen and oxygen atoms in total. The second-order valence-corrected chi connectivity index (χ2v) is 6.82. The van der Waals surface area contributed by atoms with Gasteiger partial charge in [-0.2, -0.15) is 0 Å². The summed E-state index contributed by atoms with van der Waals surface area (Å²) in [7, 11) is 0. The first kappa shape index (κ1) is 18.3. The largest absolute Gasteiger partial charge is 0.368 e. The first-order valence-corrected chi connectivity index (χ1v) is 9.10. The van der Waals surface area contributed by atoms with Crippen LogP contribution in [0.4, 0.5) is 0 Å². The Labute approximate surface area is 161 Å². The Morgan fingerprint density at radius 2 is 2.04 bits per heavy atom. The Hall–Kier alpha value is -3.07. The van der Waals surface area contributed by atoms with Gasteiger partial charge in [0.15, 0.2) is 0 Å². The Bertz CT molecular complexity index is 976. The van der Waals surface area contributed by atoms with Gasteiger partial charge in [0.1, 0.15) is 23.3 Å². The average molecular weight is 383 g/mol. The Balaban J connectivity index is 1.51. The molecule has 28 heavy (non-hydrogen) atoms. The molecule has 9 heteroatoms. The van der Waals surface area contributed by atoms with Gasteiger partial charge in [-0.25, -0.2) is 9.61 Å². The number of aryl methyl sites for hydroxylation is 3. The molecular formula is C19H21N5O4. The predicted molar refractivity (Wildman–Crippen MR) is 97.2 cm³/mol. The van der Waals surface area contributed by atoms with Crippen LogP contribution in [0, 0.1) is 20.8 Å². The summed E-state index contributed by atoms with van der Waals surface area (Å²) in [6, 6.07) is 5.76. The van der Waals surface area contributed by atoms with Crippen molar-refractivity contribution >= 4 is 5.91 Å². The molecule has 0 N–H and O–H groups in total. The molecule has 0 unspecified atom stereocenters. The zero-order chi connectivity index (χ0) is 19.7. The molecule has 1 atom stereocenters. The number of hydrogen-bond acceptors (Lipinski definition) is 8. The fourth-order valence-electron chi connectivity index (χ4n) is 3.34. The molecule has 1 fully saturated rings. The van der Waals surface area contributed by atoms with Gasteiger partial charge in [-0.3, -0.25) is 4.79 Å². The molecule has 1 aliphatic rings. The zero-order valence-electron chi connectivity index (χ0n) is 16.0. The quantitative estimate of drug-likeness (QED) is 0.675. The maximum atomic E-state index is 12.7. The first-order chi connectivity index (χ1) is 13.5. The summed E-state index contributed by atoms with van der Waals surface area (Å²) in [6.07, 6.45) is -0.135. The third kappa shape index (κ3) is 3.53. The molecule has 1 amide bonds. The number of rotatable bonds is 4. The molecule has 0 radical (unpaired) electrons. The van der Waals surface area contributed by atoms with E-state index in [0.717, 1.165) is 28.4 Å². The van der Waals surface area contributed by atoms with E-state index >= 15 is 0 Å². The molecule has 3 aromatic heterocycles. The van der Waals surface area contributed by atoms with E-state index in [1.54, 1.807) is 11.8 Å². The molecule has 4 heterocycles. The van der Waals surface area contributed by atoms with Gasteiger partial charge in [0.25, 0.3) is 0 Å². The Morgan fingerprint density at radius 3 is 2.75 bits per heavy atom. The molecule has 146 valence electrons. The molecule has 0 saturated carbocycles. The van der Waals surface area contributed by atoms with Gasteiger partial charge in [0.05, 0.1) is 42.2 Å². The number of pyridine rings is 1. The summed E-state index contributed by atoms with van der Waals surface area (Å²) in [5, 5.41) is 11.5. The highest BCUT2D eigenvalue weighted by Gasteiger charge is 2.28. The van der Waals surface area contributed by atoms with Crippen LogP contribution in [0.2, 0.25) is 0 Å². The van der Waals surface area contributed by atoms with Crippen molar-refractivity contribution in [3.05, 3.63) is 46.7 Å². The van der Waals surface area contributed by atoms with Crippen LogP contribution >= 0.6 is 0 Å². The second kappa shape index (κ2) is 7.51. The predicted octanol–water partition coefficient (Wildman–Crippen LogP) is 2.19. The van der Waals surface area contributed by atoms with E-state index in [1.165, 1.54) is 0 Å². The van der Waals surface area contributed by atoms with Crippen molar-refractivity contribution < 1.29 is 18.7 Å². The number of carbonyl (C=O) groups is 1. The van der Waals surface area contributed by atoms with E-state index < -0.39 is 0 Å². The topological polar surface area (TPSA) is 107 Å². The maximum absolute atomic E-state index is 12.7. The minimum atomic E-state index is -0.297. The van der Waals surface area contributed by atoms with Gasteiger partial charge in [0.2, 0.25) is 5.91 Å². The summed E-state index contributed by atoms with van der Waals surface area (Å²) in [6.45, 7) is 6.93. The number of morpholine rings is 1. The summed E-state index contributed by atoms with van der Waals surface area (Å²) in [5.74, 6) is 0.689. The number of ether oxygens (including phenoxy) is 1. The number of amides is 1. The molecule has 0 aliphatic carbocycles. The standard InChI is InChI=1S/C19H21N5O4/c1-11-16(23-28-22-11)9-18(25)24-7-8-26-17(10-24)14-5-4-6-15(20-14)19-12(2)21-27-13(19)3/h4-6,17H,7-10H2,1-3H3/t17-/m0/s1. The van der Waals surface area contributed by atoms with E-state index in [4.69, 9.17) is 14.2 Å². The molecular weight excluding hydrogens is 362 g/mol. The van der Waals surface area contributed by atoms with Gasteiger partial charge in [-0.1, -0.05) is 21.5 Å². The molecule has 1 aliphatic heterocycles. The van der Waals surface area contributed by atoms with Crippen LogP contribution in [0.1, 0.15) is 34.6 Å². The number of hydrogen-bond donors (Lipinski definition) is 0. The fraction of sp³-hybridized carbons (Fsp3) is 0.421. The lowest BCUT2D eigenvalue weighted by molar-refractivity contribution is -0.138. The van der Waals surface area contributed by atoms with E-state index in [2.05, 4.69) is 20.1 Å². The van der Waals surface area contributed by atoms with Gasteiger partial charge >= 0.3 is 0 Å². The third-order valence-corrected chi connectivity index (χ3v) is 4.87. The minimum Gasteiger partial charge on any atom is -0.368 e. The van der Waals surface area contributed by atoms with Gasteiger partial charge < -0.3 is 14.2 Å². The summed E-state index contributed by atoms with van der Waals surface area (Å²) < 4.78 is 15.8. The SMILES string of the molecule is Cc1nonc1CC(=O)N1CCO[C@H](c2cccc(-c3c(C)noc3C)n2)C1. The highest BCUT2D eigenvalue weighted by atomic mass is 16.6. The second-order valence-electron chi connectivity index (χ2n) is 6.82. The number of aromatic nitrogens is 4. The van der Waals surface area contributed by atoms with Crippen molar-refractivity contribution in [1.29, 1.82) is 0 Å². The normalized spacial score (nSPS) is 17.1. The highest BCUT2D eigenvalue weighted by molar-refractivity contribution is 5.78. The van der Waals surface area contributed by atoms with Crippen molar-refractivity contribution in [2.75, 3.05) is 19.7 Å². The lowest BCUT2D eigenvalue weighted by Crippen LogP contribution is -2.43. The van der Waals surface area contributed by atoms with Gasteiger partial charge in [0, 0.05) is 6.54 Å². The molecule has 0 spiro atoms. The number of carbonyl (C=O) groups excluding carboxylic acids is 1. The average Bonchev–Trinajstić information content (AvgIpc) is 3.26. The summed E-state index contributed by atoms with van der Waals surface area (Å²) >= 11 is 0. The monoisotopic (exact) mass is 383 g/mol. The first-order valence-electron chi connectivity index (χ1n) is 9.10. The van der Waals surface area contributed by atoms with Crippen LogP contribution in [0.15, 0.2) is 27.4 Å².